The van der Waals surface area contributed by atoms with E-state index in [9.17, 15) is 9.59 Å². The molecule has 0 radical (unpaired) electrons. The van der Waals surface area contributed by atoms with Crippen LogP contribution in [0.5, 0.6) is 0 Å². The number of likely N-dealkylation sites (N-methyl/N-ethyl adjacent to an activating group) is 1. The second kappa shape index (κ2) is 12.5. The van der Waals surface area contributed by atoms with E-state index < -0.39 is 0 Å². The van der Waals surface area contributed by atoms with E-state index in [1.165, 1.54) is 12.4 Å². The second-order valence-electron chi connectivity index (χ2n) is 9.44. The number of carbonyl (C=O) groups is 2. The van der Waals surface area contributed by atoms with Gasteiger partial charge in [0, 0.05) is 52.9 Å². The van der Waals surface area contributed by atoms with E-state index >= 15 is 0 Å². The highest BCUT2D eigenvalue weighted by Crippen LogP contribution is 2.23. The number of benzene rings is 2. The molecular weight excluding hydrogens is 518 g/mol. The standard InChI is InChI=1S/C30H29N9O2/c1-39(2)14-4-7-28(40)37-22-10-8-20(9-11-22)30(41)38-24-6-3-5-23(16-24)35-26-17-27(34-19-33-26)36-25-15-21-12-13-31-29(21)32-18-25/h3-13,15-19H,14H2,1-2H3,(H,31,32)(H,37,40)(H,38,41)(H2,33,34,35,36)/b7-4+. The predicted octanol–water partition coefficient (Wildman–Crippen LogP) is 5.15. The van der Waals surface area contributed by atoms with E-state index in [2.05, 4.69) is 41.2 Å². The number of aromatic amines is 1. The van der Waals surface area contributed by atoms with Gasteiger partial charge in [-0.05, 0) is 68.7 Å². The molecule has 0 saturated carbocycles. The van der Waals surface area contributed by atoms with Crippen LogP contribution in [0, 0.1) is 0 Å². The van der Waals surface area contributed by atoms with Gasteiger partial charge in [0.1, 0.15) is 23.6 Å². The Balaban J connectivity index is 1.18. The third-order valence-electron chi connectivity index (χ3n) is 5.89. The normalized spacial score (nSPS) is 11.1. The molecular formula is C30H29N9O2. The van der Waals surface area contributed by atoms with Crippen LogP contribution in [0.3, 0.4) is 0 Å². The minimum atomic E-state index is -0.271. The van der Waals surface area contributed by atoms with E-state index in [1.54, 1.807) is 48.7 Å². The van der Waals surface area contributed by atoms with Crippen LogP contribution in [0.4, 0.5) is 34.4 Å². The number of nitrogens with one attached hydrogen (secondary N) is 5. The SMILES string of the molecule is CN(C)C/C=C/C(=O)Nc1ccc(C(=O)Nc2cccc(Nc3cc(Nc4cnc5[nH]ccc5c4)ncn3)c2)cc1. The van der Waals surface area contributed by atoms with Gasteiger partial charge >= 0.3 is 0 Å². The first-order valence-corrected chi connectivity index (χ1v) is 12.8. The number of H-pyrrole nitrogens is 1. The molecule has 5 N–H and O–H groups in total. The van der Waals surface area contributed by atoms with Crippen LogP contribution in [-0.4, -0.2) is 57.3 Å². The first-order valence-electron chi connectivity index (χ1n) is 12.8. The monoisotopic (exact) mass is 547 g/mol. The fraction of sp³-hybridized carbons (Fsp3) is 0.100. The van der Waals surface area contributed by atoms with Crippen molar-refractivity contribution in [3.63, 3.8) is 0 Å². The number of hydrogen-bond acceptors (Lipinski definition) is 8. The summed E-state index contributed by atoms with van der Waals surface area (Å²) in [4.78, 5) is 42.9. The van der Waals surface area contributed by atoms with Crippen molar-refractivity contribution in [3.05, 3.63) is 103 Å². The maximum Gasteiger partial charge on any atom is 0.255 e. The molecule has 206 valence electrons. The van der Waals surface area contributed by atoms with Gasteiger partial charge in [0.2, 0.25) is 5.91 Å². The summed E-state index contributed by atoms with van der Waals surface area (Å²) < 4.78 is 0. The number of nitrogens with zero attached hydrogens (tertiary/aromatic N) is 4. The second-order valence-corrected chi connectivity index (χ2v) is 9.44. The zero-order valence-corrected chi connectivity index (χ0v) is 22.6. The maximum atomic E-state index is 12.8. The van der Waals surface area contributed by atoms with Gasteiger partial charge in [0.05, 0.1) is 11.9 Å². The minimum Gasteiger partial charge on any atom is -0.346 e. The highest BCUT2D eigenvalue weighted by Gasteiger charge is 2.08. The minimum absolute atomic E-state index is 0.227. The van der Waals surface area contributed by atoms with E-state index in [0.717, 1.165) is 22.4 Å². The van der Waals surface area contributed by atoms with Crippen LogP contribution in [0.1, 0.15) is 10.4 Å². The molecule has 2 aromatic carbocycles. The number of amides is 2. The molecule has 0 bridgehead atoms. The molecule has 3 heterocycles. The number of rotatable bonds is 10. The van der Waals surface area contributed by atoms with Crippen molar-refractivity contribution in [3.8, 4) is 0 Å². The van der Waals surface area contributed by atoms with Crippen molar-refractivity contribution in [1.29, 1.82) is 0 Å². The van der Waals surface area contributed by atoms with Crippen LogP contribution in [-0.2, 0) is 4.79 Å². The van der Waals surface area contributed by atoms with Gasteiger partial charge in [-0.1, -0.05) is 12.1 Å². The smallest absolute Gasteiger partial charge is 0.255 e. The maximum absolute atomic E-state index is 12.8. The molecule has 0 aliphatic heterocycles. The summed E-state index contributed by atoms with van der Waals surface area (Å²) in [5.74, 6) is 0.686. The summed E-state index contributed by atoms with van der Waals surface area (Å²) in [6.07, 6.45) is 8.31. The van der Waals surface area contributed by atoms with Crippen molar-refractivity contribution in [1.82, 2.24) is 24.8 Å². The fourth-order valence-electron chi connectivity index (χ4n) is 3.94. The summed E-state index contributed by atoms with van der Waals surface area (Å²) in [5, 5.41) is 13.2. The number of carbonyl (C=O) groups excluding carboxylic acids is 2. The lowest BCUT2D eigenvalue weighted by atomic mass is 10.2. The predicted molar refractivity (Wildman–Crippen MR) is 162 cm³/mol. The Kier molecular flexibility index (Phi) is 8.27. The Labute approximate surface area is 236 Å². The summed E-state index contributed by atoms with van der Waals surface area (Å²) in [5.41, 5.74) is 4.04. The van der Waals surface area contributed by atoms with Crippen molar-refractivity contribution >= 4 is 57.2 Å². The first kappa shape index (κ1) is 27.0. The van der Waals surface area contributed by atoms with Gasteiger partial charge in [-0.15, -0.1) is 0 Å². The molecule has 0 aliphatic rings. The van der Waals surface area contributed by atoms with E-state index in [4.69, 9.17) is 0 Å². The quantitative estimate of drug-likeness (QED) is 0.151. The van der Waals surface area contributed by atoms with Gasteiger partial charge in [-0.25, -0.2) is 15.0 Å². The lowest BCUT2D eigenvalue weighted by molar-refractivity contribution is -0.111. The largest absolute Gasteiger partial charge is 0.346 e. The Bertz CT molecular complexity index is 1690. The average molecular weight is 548 g/mol. The van der Waals surface area contributed by atoms with Crippen molar-refractivity contribution in [2.75, 3.05) is 41.9 Å². The van der Waals surface area contributed by atoms with Crippen LogP contribution in [0.25, 0.3) is 11.0 Å². The number of anilines is 6. The van der Waals surface area contributed by atoms with Crippen LogP contribution in [0.2, 0.25) is 0 Å². The third kappa shape index (κ3) is 7.52. The molecule has 5 aromatic rings. The Hall–Kier alpha value is -5.55. The summed E-state index contributed by atoms with van der Waals surface area (Å²) >= 11 is 0. The van der Waals surface area contributed by atoms with Gasteiger partial charge in [0.25, 0.3) is 5.91 Å². The van der Waals surface area contributed by atoms with Gasteiger partial charge in [0.15, 0.2) is 0 Å². The molecule has 11 heteroatoms. The molecule has 0 unspecified atom stereocenters. The van der Waals surface area contributed by atoms with E-state index in [0.29, 0.717) is 35.1 Å². The molecule has 5 rings (SSSR count). The lowest BCUT2D eigenvalue weighted by Crippen LogP contribution is -2.13. The van der Waals surface area contributed by atoms with E-state index in [1.807, 2.05) is 55.5 Å². The van der Waals surface area contributed by atoms with Crippen molar-refractivity contribution < 1.29 is 9.59 Å². The fourth-order valence-corrected chi connectivity index (χ4v) is 3.94. The topological polar surface area (TPSA) is 140 Å². The number of fused-ring (bicyclic) bond motifs is 1. The summed E-state index contributed by atoms with van der Waals surface area (Å²) in [7, 11) is 3.85. The number of hydrogen-bond donors (Lipinski definition) is 5. The molecule has 3 aromatic heterocycles. The molecule has 0 spiro atoms. The average Bonchev–Trinajstić information content (AvgIpc) is 3.42. The highest BCUT2D eigenvalue weighted by atomic mass is 16.2. The zero-order chi connectivity index (χ0) is 28.6. The van der Waals surface area contributed by atoms with Gasteiger partial charge in [-0.2, -0.15) is 0 Å². The van der Waals surface area contributed by atoms with Gasteiger partial charge in [-0.3, -0.25) is 9.59 Å². The van der Waals surface area contributed by atoms with Crippen LogP contribution < -0.4 is 21.3 Å². The molecule has 2 amide bonds. The van der Waals surface area contributed by atoms with Crippen LogP contribution in [0.15, 0.2) is 97.6 Å². The molecule has 0 atom stereocenters. The highest BCUT2D eigenvalue weighted by molar-refractivity contribution is 6.05. The van der Waals surface area contributed by atoms with Crippen molar-refractivity contribution in [2.45, 2.75) is 0 Å². The number of pyridine rings is 1. The third-order valence-corrected chi connectivity index (χ3v) is 5.89. The van der Waals surface area contributed by atoms with Crippen LogP contribution >= 0.6 is 0 Å². The first-order chi connectivity index (χ1) is 19.9. The van der Waals surface area contributed by atoms with E-state index in [-0.39, 0.29) is 11.8 Å². The molecule has 0 saturated heterocycles. The Morgan fingerprint density at radius 2 is 1.59 bits per heavy atom. The van der Waals surface area contributed by atoms with Gasteiger partial charge < -0.3 is 31.2 Å². The number of aromatic nitrogens is 4. The molecule has 0 aliphatic carbocycles. The van der Waals surface area contributed by atoms with Crippen molar-refractivity contribution in [2.24, 2.45) is 0 Å². The zero-order valence-electron chi connectivity index (χ0n) is 22.6. The molecule has 11 nitrogen and oxygen atoms in total. The summed E-state index contributed by atoms with van der Waals surface area (Å²) in [6.45, 7) is 0.671. The Morgan fingerprint density at radius 3 is 2.37 bits per heavy atom. The summed E-state index contributed by atoms with van der Waals surface area (Å²) in [6, 6.07) is 19.7. The molecule has 0 fully saturated rings. The molecule has 41 heavy (non-hydrogen) atoms. The lowest BCUT2D eigenvalue weighted by Gasteiger charge is -2.11. The Morgan fingerprint density at radius 1 is 0.829 bits per heavy atom.